The van der Waals surface area contributed by atoms with Crippen molar-refractivity contribution in [3.05, 3.63) is 0 Å². The van der Waals surface area contributed by atoms with E-state index in [0.29, 0.717) is 0 Å². The summed E-state index contributed by atoms with van der Waals surface area (Å²) in [5, 5.41) is 11.2. The van der Waals surface area contributed by atoms with Crippen LogP contribution in [0, 0.1) is 0 Å². The first-order valence-corrected chi connectivity index (χ1v) is 5.12. The van der Waals surface area contributed by atoms with Crippen molar-refractivity contribution in [3.63, 3.8) is 0 Å². The molecule has 0 aromatic carbocycles. The Labute approximate surface area is 99.7 Å². The summed E-state index contributed by atoms with van der Waals surface area (Å²) in [4.78, 5) is 34.7. The topological polar surface area (TPSA) is 95.9 Å². The molecular weight excluding hydrogens is 228 g/mol. The minimum Gasteiger partial charge on any atom is -0.480 e. The first kappa shape index (κ1) is 15.2. The molecular formula is C10H18N2O5. The van der Waals surface area contributed by atoms with Crippen LogP contribution in [-0.4, -0.2) is 53.7 Å². The van der Waals surface area contributed by atoms with Crippen molar-refractivity contribution in [1.82, 2.24) is 10.2 Å². The predicted molar refractivity (Wildman–Crippen MR) is 59.5 cm³/mol. The number of carboxylic acid groups (broad SMARTS) is 1. The van der Waals surface area contributed by atoms with Gasteiger partial charge in [0.25, 0.3) is 0 Å². The molecule has 2 N–H and O–H groups in total. The number of urea groups is 1. The third-order valence-electron chi connectivity index (χ3n) is 2.17. The summed E-state index contributed by atoms with van der Waals surface area (Å²) in [6.07, 6.45) is 0. The number of aliphatic carboxylic acids is 1. The second-order valence-corrected chi connectivity index (χ2v) is 3.95. The average Bonchev–Trinajstić information content (AvgIpc) is 2.24. The number of carboxylic acids is 1. The molecule has 0 aliphatic heterocycles. The molecule has 0 radical (unpaired) electrons. The van der Waals surface area contributed by atoms with Crippen LogP contribution in [0.1, 0.15) is 20.8 Å². The van der Waals surface area contributed by atoms with Gasteiger partial charge < -0.3 is 20.1 Å². The van der Waals surface area contributed by atoms with Crippen LogP contribution in [0.3, 0.4) is 0 Å². The molecule has 2 amide bonds. The van der Waals surface area contributed by atoms with E-state index in [4.69, 9.17) is 5.11 Å². The number of amides is 2. The Morgan fingerprint density at radius 3 is 2.24 bits per heavy atom. The molecule has 0 atom stereocenters. The number of methoxy groups -OCH3 is 1. The normalized spacial score (nSPS) is 10.6. The molecule has 0 fully saturated rings. The van der Waals surface area contributed by atoms with Crippen LogP contribution in [0.4, 0.5) is 4.79 Å². The van der Waals surface area contributed by atoms with Gasteiger partial charge >= 0.3 is 18.0 Å². The molecule has 0 rings (SSSR count). The summed E-state index contributed by atoms with van der Waals surface area (Å²) in [6.45, 7) is 4.46. The van der Waals surface area contributed by atoms with Gasteiger partial charge in [0.2, 0.25) is 0 Å². The van der Waals surface area contributed by atoms with Crippen LogP contribution in [0.25, 0.3) is 0 Å². The Morgan fingerprint density at radius 2 is 1.88 bits per heavy atom. The molecule has 0 heterocycles. The second kappa shape index (κ2) is 6.07. The number of likely N-dealkylation sites (N-methyl/N-ethyl adjacent to an activating group) is 1. The van der Waals surface area contributed by atoms with Gasteiger partial charge in [-0.15, -0.1) is 0 Å². The van der Waals surface area contributed by atoms with E-state index >= 15 is 0 Å². The maximum atomic E-state index is 11.7. The van der Waals surface area contributed by atoms with Gasteiger partial charge in [-0.2, -0.15) is 0 Å². The van der Waals surface area contributed by atoms with Gasteiger partial charge in [0.1, 0.15) is 12.1 Å². The smallest absolute Gasteiger partial charge is 0.328 e. The summed E-state index contributed by atoms with van der Waals surface area (Å²) < 4.78 is 4.43. The molecule has 0 aromatic rings. The summed E-state index contributed by atoms with van der Waals surface area (Å²) in [6, 6.07) is -0.620. The predicted octanol–water partition coefficient (Wildman–Crippen LogP) is 0.0541. The molecule has 0 spiro atoms. The lowest BCUT2D eigenvalue weighted by Crippen LogP contribution is -2.55. The molecule has 0 bridgehead atoms. The highest BCUT2D eigenvalue weighted by molar-refractivity contribution is 5.87. The van der Waals surface area contributed by atoms with Crippen LogP contribution < -0.4 is 5.32 Å². The van der Waals surface area contributed by atoms with Crippen molar-refractivity contribution in [1.29, 1.82) is 0 Å². The number of rotatable bonds is 5. The zero-order valence-electron chi connectivity index (χ0n) is 10.4. The van der Waals surface area contributed by atoms with Crippen LogP contribution in [0.5, 0.6) is 0 Å². The molecule has 98 valence electrons. The number of nitrogens with zero attached hydrogens (tertiary/aromatic N) is 1. The van der Waals surface area contributed by atoms with Crippen LogP contribution in [0.2, 0.25) is 0 Å². The van der Waals surface area contributed by atoms with E-state index in [1.54, 1.807) is 6.92 Å². The summed E-state index contributed by atoms with van der Waals surface area (Å²) in [5.41, 5.74) is -1.39. The van der Waals surface area contributed by atoms with Crippen LogP contribution in [0.15, 0.2) is 0 Å². The summed E-state index contributed by atoms with van der Waals surface area (Å²) >= 11 is 0. The van der Waals surface area contributed by atoms with Crippen LogP contribution >= 0.6 is 0 Å². The molecule has 0 saturated heterocycles. The second-order valence-electron chi connectivity index (χ2n) is 3.95. The number of hydrogen-bond donors (Lipinski definition) is 2. The maximum Gasteiger partial charge on any atom is 0.328 e. The van der Waals surface area contributed by atoms with E-state index in [2.05, 4.69) is 10.1 Å². The van der Waals surface area contributed by atoms with Gasteiger partial charge in [-0.05, 0) is 20.8 Å². The quantitative estimate of drug-likeness (QED) is 0.668. The van der Waals surface area contributed by atoms with E-state index in [-0.39, 0.29) is 13.1 Å². The average molecular weight is 246 g/mol. The van der Waals surface area contributed by atoms with E-state index in [1.807, 2.05) is 0 Å². The van der Waals surface area contributed by atoms with Crippen molar-refractivity contribution in [3.8, 4) is 0 Å². The third-order valence-corrected chi connectivity index (χ3v) is 2.17. The summed E-state index contributed by atoms with van der Waals surface area (Å²) in [7, 11) is 1.22. The Balaban J connectivity index is 4.56. The van der Waals surface area contributed by atoms with Gasteiger partial charge in [-0.25, -0.2) is 9.59 Å². The number of ether oxygens (including phenoxy) is 1. The van der Waals surface area contributed by atoms with Gasteiger partial charge in [0.05, 0.1) is 7.11 Å². The monoisotopic (exact) mass is 246 g/mol. The van der Waals surface area contributed by atoms with E-state index in [1.165, 1.54) is 21.0 Å². The lowest BCUT2D eigenvalue weighted by atomic mass is 10.1. The zero-order chi connectivity index (χ0) is 13.6. The number of hydrogen-bond acceptors (Lipinski definition) is 4. The fourth-order valence-corrected chi connectivity index (χ4v) is 0.947. The lowest BCUT2D eigenvalue weighted by molar-refractivity contribution is -0.143. The molecule has 0 unspecified atom stereocenters. The van der Waals surface area contributed by atoms with Crippen molar-refractivity contribution >= 4 is 18.0 Å². The molecule has 7 heteroatoms. The number of carbonyl (C=O) groups excluding carboxylic acids is 2. The molecule has 7 nitrogen and oxygen atoms in total. The Morgan fingerprint density at radius 1 is 1.35 bits per heavy atom. The molecule has 0 aliphatic rings. The molecule has 17 heavy (non-hydrogen) atoms. The Hall–Kier alpha value is -1.79. The molecule has 0 saturated carbocycles. The Kier molecular flexibility index (Phi) is 5.43. The number of esters is 1. The lowest BCUT2D eigenvalue weighted by Gasteiger charge is -2.26. The van der Waals surface area contributed by atoms with Crippen molar-refractivity contribution in [2.24, 2.45) is 0 Å². The molecule has 0 aliphatic carbocycles. The number of carbonyl (C=O) groups is 3. The first-order valence-electron chi connectivity index (χ1n) is 5.12. The number of nitrogens with one attached hydrogen (secondary N) is 1. The highest BCUT2D eigenvalue weighted by Gasteiger charge is 2.31. The standard InChI is InChI=1S/C10H18N2O5/c1-5-12(6-7(13)17-4)9(16)11-10(2,3)8(14)15/h5-6H2,1-4H3,(H,11,16)(H,14,15). The van der Waals surface area contributed by atoms with Crippen molar-refractivity contribution in [2.75, 3.05) is 20.2 Å². The largest absolute Gasteiger partial charge is 0.480 e. The van der Waals surface area contributed by atoms with Gasteiger partial charge in [0, 0.05) is 6.54 Å². The van der Waals surface area contributed by atoms with E-state index in [9.17, 15) is 14.4 Å². The highest BCUT2D eigenvalue weighted by Crippen LogP contribution is 2.03. The van der Waals surface area contributed by atoms with E-state index in [0.717, 1.165) is 4.90 Å². The fourth-order valence-electron chi connectivity index (χ4n) is 0.947. The maximum absolute atomic E-state index is 11.7. The SMILES string of the molecule is CCN(CC(=O)OC)C(=O)NC(C)(C)C(=O)O. The van der Waals surface area contributed by atoms with Crippen molar-refractivity contribution < 1.29 is 24.2 Å². The zero-order valence-corrected chi connectivity index (χ0v) is 10.4. The van der Waals surface area contributed by atoms with Gasteiger partial charge in [-0.3, -0.25) is 4.79 Å². The minimum absolute atomic E-state index is 0.214. The van der Waals surface area contributed by atoms with Crippen molar-refractivity contribution in [2.45, 2.75) is 26.3 Å². The van der Waals surface area contributed by atoms with Crippen LogP contribution in [-0.2, 0) is 14.3 Å². The fraction of sp³-hybridized carbons (Fsp3) is 0.700. The third kappa shape index (κ3) is 4.71. The van der Waals surface area contributed by atoms with E-state index < -0.39 is 23.5 Å². The molecule has 0 aromatic heterocycles. The Bertz CT molecular complexity index is 314. The first-order chi connectivity index (χ1) is 7.74. The minimum atomic E-state index is -1.39. The summed E-state index contributed by atoms with van der Waals surface area (Å²) in [5.74, 6) is -1.71. The highest BCUT2D eigenvalue weighted by atomic mass is 16.5. The van der Waals surface area contributed by atoms with Gasteiger partial charge in [0.15, 0.2) is 0 Å². The van der Waals surface area contributed by atoms with Gasteiger partial charge in [-0.1, -0.05) is 0 Å².